The van der Waals surface area contributed by atoms with Crippen molar-refractivity contribution in [3.05, 3.63) is 31.9 Å². The first-order chi connectivity index (χ1) is 7.35. The number of benzene rings is 1. The predicted molar refractivity (Wildman–Crippen MR) is 70.6 cm³/mol. The molecule has 0 saturated heterocycles. The second kappa shape index (κ2) is 4.96. The third-order valence-corrected chi connectivity index (χ3v) is 2.92. The molecule has 0 saturated carbocycles. The molecular formula is C10H13IN2O3. The van der Waals surface area contributed by atoms with Crippen LogP contribution in [0, 0.1) is 13.7 Å². The number of aliphatic hydroxyl groups excluding tert-OH is 1. The second-order valence-electron chi connectivity index (χ2n) is 4.09. The highest BCUT2D eigenvalue weighted by Crippen LogP contribution is 2.25. The molecule has 0 radical (unpaired) electrons. The Labute approximate surface area is 107 Å². The monoisotopic (exact) mass is 336 g/mol. The van der Waals surface area contributed by atoms with E-state index >= 15 is 0 Å². The van der Waals surface area contributed by atoms with Gasteiger partial charge in [-0.15, -0.1) is 0 Å². The minimum absolute atomic E-state index is 0.0138. The van der Waals surface area contributed by atoms with Crippen LogP contribution in [0.4, 0.5) is 11.4 Å². The van der Waals surface area contributed by atoms with Crippen LogP contribution < -0.4 is 5.32 Å². The summed E-state index contributed by atoms with van der Waals surface area (Å²) < 4.78 is 0.758. The fraction of sp³-hybridized carbons (Fsp3) is 0.400. The Morgan fingerprint density at radius 1 is 1.56 bits per heavy atom. The van der Waals surface area contributed by atoms with Crippen LogP contribution in [-0.4, -0.2) is 22.2 Å². The summed E-state index contributed by atoms with van der Waals surface area (Å²) in [5.74, 6) is 0. The summed E-state index contributed by atoms with van der Waals surface area (Å²) in [6, 6.07) is 4.59. The van der Waals surface area contributed by atoms with Crippen molar-refractivity contribution < 1.29 is 10.0 Å². The van der Waals surface area contributed by atoms with Crippen molar-refractivity contribution >= 4 is 34.0 Å². The molecule has 0 aliphatic rings. The first-order valence-corrected chi connectivity index (χ1v) is 5.76. The molecule has 6 heteroatoms. The third kappa shape index (κ3) is 3.31. The van der Waals surface area contributed by atoms with E-state index in [0.717, 1.165) is 9.26 Å². The molecule has 0 spiro atoms. The highest BCUT2D eigenvalue weighted by molar-refractivity contribution is 14.1. The second-order valence-corrected chi connectivity index (χ2v) is 5.25. The van der Waals surface area contributed by atoms with Gasteiger partial charge >= 0.3 is 0 Å². The maximum atomic E-state index is 10.5. The summed E-state index contributed by atoms with van der Waals surface area (Å²) in [5.41, 5.74) is 0.401. The van der Waals surface area contributed by atoms with Crippen LogP contribution in [0.5, 0.6) is 0 Å². The van der Waals surface area contributed by atoms with E-state index in [1.54, 1.807) is 6.07 Å². The van der Waals surface area contributed by atoms with Gasteiger partial charge < -0.3 is 10.4 Å². The van der Waals surface area contributed by atoms with Gasteiger partial charge in [-0.3, -0.25) is 10.1 Å². The molecule has 0 heterocycles. The summed E-state index contributed by atoms with van der Waals surface area (Å²) in [4.78, 5) is 10.1. The molecule has 5 nitrogen and oxygen atoms in total. The molecular weight excluding hydrogens is 323 g/mol. The van der Waals surface area contributed by atoms with E-state index in [4.69, 9.17) is 5.11 Å². The molecule has 0 atom stereocenters. The Morgan fingerprint density at radius 3 is 2.62 bits per heavy atom. The summed E-state index contributed by atoms with van der Waals surface area (Å²) in [6.07, 6.45) is 0. The highest BCUT2D eigenvalue weighted by atomic mass is 127. The molecule has 1 aromatic carbocycles. The average molecular weight is 336 g/mol. The number of aliphatic hydroxyl groups is 1. The predicted octanol–water partition coefficient (Wildman–Crippen LogP) is 2.38. The van der Waals surface area contributed by atoms with Gasteiger partial charge in [-0.2, -0.15) is 0 Å². The van der Waals surface area contributed by atoms with Crippen LogP contribution >= 0.6 is 22.6 Å². The molecule has 2 N–H and O–H groups in total. The number of nitro benzene ring substituents is 1. The fourth-order valence-corrected chi connectivity index (χ4v) is 1.76. The summed E-state index contributed by atoms with van der Waals surface area (Å²) in [7, 11) is 0. The zero-order chi connectivity index (χ0) is 12.3. The summed E-state index contributed by atoms with van der Waals surface area (Å²) in [6.45, 7) is 3.69. The lowest BCUT2D eigenvalue weighted by Gasteiger charge is -2.25. The number of halogens is 1. The number of nitro groups is 1. The van der Waals surface area contributed by atoms with Crippen LogP contribution in [-0.2, 0) is 0 Å². The standard InChI is InChI=1S/C10H13IN2O3/c1-10(2,6-14)12-9-4-3-7(13(15)16)5-8(9)11/h3-5,12,14H,6H2,1-2H3. The van der Waals surface area contributed by atoms with Gasteiger partial charge in [0.2, 0.25) is 0 Å². The lowest BCUT2D eigenvalue weighted by molar-refractivity contribution is -0.384. The lowest BCUT2D eigenvalue weighted by atomic mass is 10.1. The number of anilines is 1. The van der Waals surface area contributed by atoms with E-state index in [9.17, 15) is 10.1 Å². The average Bonchev–Trinajstić information content (AvgIpc) is 2.20. The zero-order valence-corrected chi connectivity index (χ0v) is 11.2. The van der Waals surface area contributed by atoms with Gasteiger partial charge in [-0.25, -0.2) is 0 Å². The molecule has 88 valence electrons. The molecule has 0 amide bonds. The maximum absolute atomic E-state index is 10.5. The molecule has 1 rings (SSSR count). The molecule has 0 aliphatic carbocycles. The van der Waals surface area contributed by atoms with Crippen molar-refractivity contribution in [1.29, 1.82) is 0 Å². The van der Waals surface area contributed by atoms with Crippen molar-refractivity contribution in [3.63, 3.8) is 0 Å². The van der Waals surface area contributed by atoms with Crippen LogP contribution in [0.1, 0.15) is 13.8 Å². The van der Waals surface area contributed by atoms with Gasteiger partial charge in [0.15, 0.2) is 0 Å². The Kier molecular flexibility index (Phi) is 4.09. The summed E-state index contributed by atoms with van der Waals surface area (Å²) in [5, 5.41) is 22.8. The molecule has 0 aliphatic heterocycles. The first kappa shape index (κ1) is 13.2. The molecule has 0 aromatic heterocycles. The molecule has 16 heavy (non-hydrogen) atoms. The zero-order valence-electron chi connectivity index (χ0n) is 9.03. The smallest absolute Gasteiger partial charge is 0.270 e. The number of nitrogens with zero attached hydrogens (tertiary/aromatic N) is 1. The van der Waals surface area contributed by atoms with Crippen molar-refractivity contribution in [1.82, 2.24) is 0 Å². The lowest BCUT2D eigenvalue weighted by Crippen LogP contribution is -2.35. The van der Waals surface area contributed by atoms with Gasteiger partial charge in [0, 0.05) is 21.4 Å². The Morgan fingerprint density at radius 2 is 2.19 bits per heavy atom. The SMILES string of the molecule is CC(C)(CO)Nc1ccc([N+](=O)[O-])cc1I. The van der Waals surface area contributed by atoms with E-state index in [1.165, 1.54) is 12.1 Å². The van der Waals surface area contributed by atoms with Crippen LogP contribution in [0.15, 0.2) is 18.2 Å². The Bertz CT molecular complexity index is 407. The van der Waals surface area contributed by atoms with Crippen molar-refractivity contribution in [2.24, 2.45) is 0 Å². The van der Waals surface area contributed by atoms with Gasteiger partial charge in [0.25, 0.3) is 5.69 Å². The maximum Gasteiger partial charge on any atom is 0.270 e. The van der Waals surface area contributed by atoms with E-state index in [2.05, 4.69) is 5.32 Å². The minimum Gasteiger partial charge on any atom is -0.394 e. The molecule has 0 fully saturated rings. The number of rotatable bonds is 4. The molecule has 0 bridgehead atoms. The third-order valence-electron chi connectivity index (χ3n) is 2.03. The van der Waals surface area contributed by atoms with Crippen molar-refractivity contribution in [2.75, 3.05) is 11.9 Å². The van der Waals surface area contributed by atoms with Crippen LogP contribution in [0.25, 0.3) is 0 Å². The molecule has 1 aromatic rings. The van der Waals surface area contributed by atoms with Crippen molar-refractivity contribution in [3.8, 4) is 0 Å². The topological polar surface area (TPSA) is 75.4 Å². The summed E-state index contributed by atoms with van der Waals surface area (Å²) >= 11 is 2.03. The van der Waals surface area contributed by atoms with Gasteiger partial charge in [-0.1, -0.05) is 0 Å². The van der Waals surface area contributed by atoms with Crippen molar-refractivity contribution in [2.45, 2.75) is 19.4 Å². The normalized spacial score (nSPS) is 11.2. The number of nitrogens with one attached hydrogen (secondary N) is 1. The quantitative estimate of drug-likeness (QED) is 0.503. The van der Waals surface area contributed by atoms with Crippen LogP contribution in [0.3, 0.4) is 0 Å². The fourth-order valence-electron chi connectivity index (χ4n) is 1.12. The van der Waals surface area contributed by atoms with Gasteiger partial charge in [0.05, 0.1) is 17.1 Å². The van der Waals surface area contributed by atoms with E-state index in [1.807, 2.05) is 36.4 Å². The minimum atomic E-state index is -0.448. The Balaban J connectivity index is 2.96. The van der Waals surface area contributed by atoms with Gasteiger partial charge in [0.1, 0.15) is 0 Å². The molecule has 0 unspecified atom stereocenters. The van der Waals surface area contributed by atoms with Crippen LogP contribution in [0.2, 0.25) is 0 Å². The van der Waals surface area contributed by atoms with E-state index in [-0.39, 0.29) is 12.3 Å². The number of hydrogen-bond acceptors (Lipinski definition) is 4. The largest absolute Gasteiger partial charge is 0.394 e. The van der Waals surface area contributed by atoms with Gasteiger partial charge in [-0.05, 0) is 42.5 Å². The number of hydrogen-bond donors (Lipinski definition) is 2. The number of non-ortho nitro benzene ring substituents is 1. The van der Waals surface area contributed by atoms with E-state index in [0.29, 0.717) is 0 Å². The van der Waals surface area contributed by atoms with E-state index < -0.39 is 10.5 Å². The first-order valence-electron chi connectivity index (χ1n) is 4.69. The highest BCUT2D eigenvalue weighted by Gasteiger charge is 2.18. The Hall–Kier alpha value is -0.890.